The predicted octanol–water partition coefficient (Wildman–Crippen LogP) is 5.67. The Morgan fingerprint density at radius 2 is 1.47 bits per heavy atom. The van der Waals surface area contributed by atoms with Crippen molar-refractivity contribution in [2.45, 2.75) is 0 Å². The zero-order valence-corrected chi connectivity index (χ0v) is 12.2. The minimum Gasteiger partial charge on any atom is -0.289 e. The second kappa shape index (κ2) is 5.68. The fourth-order valence-electron chi connectivity index (χ4n) is 1.49. The molecule has 0 fully saturated rings. The lowest BCUT2D eigenvalue weighted by atomic mass is 10.0. The van der Waals surface area contributed by atoms with Crippen LogP contribution in [0, 0.1) is 5.82 Å². The third-order valence-corrected chi connectivity index (χ3v) is 4.21. The molecule has 0 aliphatic heterocycles. The number of halogens is 5. The van der Waals surface area contributed by atoms with Crippen LogP contribution in [0.1, 0.15) is 15.9 Å². The van der Waals surface area contributed by atoms with E-state index in [9.17, 15) is 9.18 Å². The van der Waals surface area contributed by atoms with E-state index in [2.05, 4.69) is 0 Å². The van der Waals surface area contributed by atoms with E-state index >= 15 is 0 Å². The van der Waals surface area contributed by atoms with Crippen LogP contribution < -0.4 is 0 Å². The maximum absolute atomic E-state index is 12.8. The highest BCUT2D eigenvalue weighted by Crippen LogP contribution is 2.38. The van der Waals surface area contributed by atoms with Crippen molar-refractivity contribution in [3.8, 4) is 0 Å². The van der Waals surface area contributed by atoms with Gasteiger partial charge >= 0.3 is 0 Å². The lowest BCUT2D eigenvalue weighted by Gasteiger charge is -2.08. The molecule has 0 aromatic heterocycles. The molecule has 2 aromatic rings. The third kappa shape index (κ3) is 2.87. The molecule has 6 heteroatoms. The molecule has 0 heterocycles. The van der Waals surface area contributed by atoms with Crippen LogP contribution in [-0.4, -0.2) is 5.78 Å². The summed E-state index contributed by atoms with van der Waals surface area (Å²) in [5.41, 5.74) is 0.394. The van der Waals surface area contributed by atoms with Gasteiger partial charge in [-0.3, -0.25) is 4.79 Å². The molecule has 0 aliphatic carbocycles. The first kappa shape index (κ1) is 14.6. The average molecular weight is 338 g/mol. The molecule has 1 nitrogen and oxygen atoms in total. The maximum Gasteiger partial charge on any atom is 0.194 e. The van der Waals surface area contributed by atoms with E-state index in [1.807, 2.05) is 0 Å². The van der Waals surface area contributed by atoms with Gasteiger partial charge in [-0.15, -0.1) is 0 Å². The van der Waals surface area contributed by atoms with Gasteiger partial charge in [0.1, 0.15) is 5.82 Å². The quantitative estimate of drug-likeness (QED) is 0.392. The number of ketones is 1. The van der Waals surface area contributed by atoms with Crippen molar-refractivity contribution >= 4 is 52.2 Å². The SMILES string of the molecule is O=C(c1ccc(F)cc1)c1cc(Cl)c(Cl)c(Cl)c1Cl. The van der Waals surface area contributed by atoms with E-state index in [1.54, 1.807) is 0 Å². The van der Waals surface area contributed by atoms with Crippen molar-refractivity contribution in [3.63, 3.8) is 0 Å². The second-order valence-corrected chi connectivity index (χ2v) is 5.23. The lowest BCUT2D eigenvalue weighted by Crippen LogP contribution is -2.03. The van der Waals surface area contributed by atoms with Crippen LogP contribution in [0.15, 0.2) is 30.3 Å². The van der Waals surface area contributed by atoms with E-state index in [1.165, 1.54) is 30.3 Å². The van der Waals surface area contributed by atoms with Gasteiger partial charge in [0.15, 0.2) is 5.78 Å². The Morgan fingerprint density at radius 1 is 0.895 bits per heavy atom. The molecule has 2 aromatic carbocycles. The molecule has 19 heavy (non-hydrogen) atoms. The van der Waals surface area contributed by atoms with Crippen LogP contribution in [0.4, 0.5) is 4.39 Å². The molecular weight excluding hydrogens is 333 g/mol. The Hall–Kier alpha value is -0.800. The first-order valence-electron chi connectivity index (χ1n) is 5.05. The van der Waals surface area contributed by atoms with Crippen molar-refractivity contribution in [2.24, 2.45) is 0 Å². The Labute approximate surface area is 128 Å². The van der Waals surface area contributed by atoms with Crippen LogP contribution in [0.5, 0.6) is 0 Å². The lowest BCUT2D eigenvalue weighted by molar-refractivity contribution is 0.103. The summed E-state index contributed by atoms with van der Waals surface area (Å²) < 4.78 is 12.8. The van der Waals surface area contributed by atoms with Gasteiger partial charge in [0.2, 0.25) is 0 Å². The summed E-state index contributed by atoms with van der Waals surface area (Å²) in [5, 5.41) is 0.247. The Kier molecular flexibility index (Phi) is 4.36. The number of hydrogen-bond donors (Lipinski definition) is 0. The minimum absolute atomic E-state index is 0.0151. The van der Waals surface area contributed by atoms with Gasteiger partial charge in [0.25, 0.3) is 0 Å². The Bertz CT molecular complexity index is 653. The van der Waals surface area contributed by atoms with Crippen molar-refractivity contribution < 1.29 is 9.18 Å². The topological polar surface area (TPSA) is 17.1 Å². The van der Waals surface area contributed by atoms with Crippen LogP contribution in [0.3, 0.4) is 0 Å². The molecule has 0 bridgehead atoms. The van der Waals surface area contributed by atoms with Crippen LogP contribution in [-0.2, 0) is 0 Å². The van der Waals surface area contributed by atoms with Gasteiger partial charge in [-0.2, -0.15) is 0 Å². The van der Waals surface area contributed by atoms with E-state index in [-0.39, 0.29) is 31.2 Å². The summed E-state index contributed by atoms with van der Waals surface area (Å²) in [7, 11) is 0. The summed E-state index contributed by atoms with van der Waals surface area (Å²) in [4.78, 5) is 12.2. The fourth-order valence-corrected chi connectivity index (χ4v) is 2.38. The molecule has 0 atom stereocenters. The summed E-state index contributed by atoms with van der Waals surface area (Å²) in [6.45, 7) is 0. The molecule has 0 spiro atoms. The highest BCUT2D eigenvalue weighted by molar-refractivity contribution is 6.53. The number of benzene rings is 2. The van der Waals surface area contributed by atoms with Crippen LogP contribution in [0.25, 0.3) is 0 Å². The van der Waals surface area contributed by atoms with Crippen molar-refractivity contribution in [2.75, 3.05) is 0 Å². The Balaban J connectivity index is 2.53. The molecule has 0 N–H and O–H groups in total. The van der Waals surface area contributed by atoms with Gasteiger partial charge < -0.3 is 0 Å². The van der Waals surface area contributed by atoms with E-state index in [0.717, 1.165) is 0 Å². The highest BCUT2D eigenvalue weighted by atomic mass is 35.5. The smallest absolute Gasteiger partial charge is 0.194 e. The normalized spacial score (nSPS) is 10.6. The molecule has 0 amide bonds. The summed E-state index contributed by atoms with van der Waals surface area (Å²) in [6.07, 6.45) is 0. The molecule has 2 rings (SSSR count). The second-order valence-electron chi connectivity index (χ2n) is 3.68. The summed E-state index contributed by atoms with van der Waals surface area (Å²) >= 11 is 23.5. The van der Waals surface area contributed by atoms with E-state index < -0.39 is 11.6 Å². The fraction of sp³-hybridized carbons (Fsp3) is 0. The maximum atomic E-state index is 12.8. The summed E-state index contributed by atoms with van der Waals surface area (Å²) in [6, 6.07) is 6.40. The molecular formula is C13H5Cl4FO. The number of rotatable bonds is 2. The molecule has 0 aliphatic rings. The monoisotopic (exact) mass is 336 g/mol. The van der Waals surface area contributed by atoms with Gasteiger partial charge in [-0.25, -0.2) is 4.39 Å². The van der Waals surface area contributed by atoms with E-state index in [4.69, 9.17) is 46.4 Å². The zero-order chi connectivity index (χ0) is 14.2. The average Bonchev–Trinajstić information content (AvgIpc) is 2.40. The van der Waals surface area contributed by atoms with Crippen molar-refractivity contribution in [1.29, 1.82) is 0 Å². The van der Waals surface area contributed by atoms with Crippen LogP contribution in [0.2, 0.25) is 20.1 Å². The molecule has 0 saturated carbocycles. The van der Waals surface area contributed by atoms with Crippen LogP contribution >= 0.6 is 46.4 Å². The first-order chi connectivity index (χ1) is 8.91. The number of carbonyl (C=O) groups excluding carboxylic acids is 1. The zero-order valence-electron chi connectivity index (χ0n) is 9.18. The number of carbonyl (C=O) groups is 1. The summed E-state index contributed by atoms with van der Waals surface area (Å²) in [5.74, 6) is -0.847. The van der Waals surface area contributed by atoms with Gasteiger partial charge in [0, 0.05) is 11.1 Å². The van der Waals surface area contributed by atoms with Gasteiger partial charge in [-0.1, -0.05) is 46.4 Å². The van der Waals surface area contributed by atoms with E-state index in [0.29, 0.717) is 0 Å². The minimum atomic E-state index is -0.435. The number of hydrogen-bond acceptors (Lipinski definition) is 1. The predicted molar refractivity (Wildman–Crippen MR) is 76.3 cm³/mol. The highest BCUT2D eigenvalue weighted by Gasteiger charge is 2.19. The standard InChI is InChI=1S/C13H5Cl4FO/c14-9-5-8(10(15)12(17)11(9)16)13(19)6-1-3-7(18)4-2-6/h1-5H. The molecule has 0 radical (unpaired) electrons. The third-order valence-electron chi connectivity index (χ3n) is 2.45. The first-order valence-corrected chi connectivity index (χ1v) is 6.56. The van der Waals surface area contributed by atoms with Crippen molar-refractivity contribution in [1.82, 2.24) is 0 Å². The van der Waals surface area contributed by atoms with Gasteiger partial charge in [0.05, 0.1) is 20.1 Å². The molecule has 0 unspecified atom stereocenters. The largest absolute Gasteiger partial charge is 0.289 e. The molecule has 98 valence electrons. The van der Waals surface area contributed by atoms with Crippen molar-refractivity contribution in [3.05, 3.63) is 67.4 Å². The molecule has 0 saturated heterocycles. The van der Waals surface area contributed by atoms with Gasteiger partial charge in [-0.05, 0) is 30.3 Å². The Morgan fingerprint density at radius 3 is 2.05 bits per heavy atom.